The molecular weight excluding hydrogens is 212 g/mol. The highest BCUT2D eigenvalue weighted by Gasteiger charge is 2.24. The van der Waals surface area contributed by atoms with Gasteiger partial charge in [-0.25, -0.2) is 0 Å². The highest BCUT2D eigenvalue weighted by Crippen LogP contribution is 2.18. The minimum Gasteiger partial charge on any atom is -0.377 e. The third-order valence-corrected chi connectivity index (χ3v) is 3.51. The van der Waals surface area contributed by atoms with Crippen LogP contribution in [0.4, 0.5) is 0 Å². The predicted molar refractivity (Wildman–Crippen MR) is 69.1 cm³/mol. The van der Waals surface area contributed by atoms with Crippen molar-refractivity contribution < 1.29 is 4.74 Å². The lowest BCUT2D eigenvalue weighted by molar-refractivity contribution is 0.0805. The molecule has 1 aliphatic rings. The first-order valence-electron chi connectivity index (χ1n) is 6.56. The van der Waals surface area contributed by atoms with Gasteiger partial charge in [0.2, 0.25) is 0 Å². The lowest BCUT2D eigenvalue weighted by Crippen LogP contribution is -2.39. The highest BCUT2D eigenvalue weighted by atomic mass is 16.5. The number of aryl methyl sites for hydroxylation is 1. The molecule has 0 aromatic carbocycles. The second-order valence-corrected chi connectivity index (χ2v) is 4.66. The second kappa shape index (κ2) is 6.12. The smallest absolute Gasteiger partial charge is 0.0732 e. The molecule has 0 aliphatic carbocycles. The summed E-state index contributed by atoms with van der Waals surface area (Å²) in [6, 6.07) is 4.69. The number of ether oxygens (including phenoxy) is 1. The van der Waals surface area contributed by atoms with Crippen molar-refractivity contribution in [3.63, 3.8) is 0 Å². The van der Waals surface area contributed by atoms with E-state index in [0.29, 0.717) is 12.1 Å². The number of hydrogen-bond donors (Lipinski definition) is 1. The van der Waals surface area contributed by atoms with Crippen molar-refractivity contribution in [3.8, 4) is 0 Å². The van der Waals surface area contributed by atoms with Crippen LogP contribution >= 0.6 is 0 Å². The van der Waals surface area contributed by atoms with Gasteiger partial charge in [0.05, 0.1) is 6.10 Å². The van der Waals surface area contributed by atoms with E-state index in [9.17, 15) is 0 Å². The van der Waals surface area contributed by atoms with Gasteiger partial charge in [0.1, 0.15) is 0 Å². The van der Waals surface area contributed by atoms with Crippen molar-refractivity contribution in [2.45, 2.75) is 44.8 Å². The van der Waals surface area contributed by atoms with E-state index in [1.54, 1.807) is 0 Å². The Morgan fingerprint density at radius 3 is 2.94 bits per heavy atom. The Labute approximate surface area is 104 Å². The minimum absolute atomic E-state index is 0.354. The van der Waals surface area contributed by atoms with E-state index in [-0.39, 0.29) is 0 Å². The molecule has 1 fully saturated rings. The van der Waals surface area contributed by atoms with Crippen LogP contribution in [0, 0.1) is 0 Å². The molecule has 2 rings (SSSR count). The van der Waals surface area contributed by atoms with E-state index >= 15 is 0 Å². The lowest BCUT2D eigenvalue weighted by atomic mass is 10.0. The minimum atomic E-state index is 0.354. The van der Waals surface area contributed by atoms with Crippen molar-refractivity contribution in [1.82, 2.24) is 10.3 Å². The predicted octanol–water partition coefficient (Wildman–Crippen LogP) is 1.95. The fourth-order valence-corrected chi connectivity index (χ4v) is 2.35. The summed E-state index contributed by atoms with van der Waals surface area (Å²) in [6.45, 7) is 3.06. The largest absolute Gasteiger partial charge is 0.377 e. The third kappa shape index (κ3) is 3.27. The first kappa shape index (κ1) is 12.5. The molecule has 0 bridgehead atoms. The summed E-state index contributed by atoms with van der Waals surface area (Å²) in [5.41, 5.74) is 2.45. The molecule has 2 heterocycles. The van der Waals surface area contributed by atoms with Gasteiger partial charge in [0, 0.05) is 31.0 Å². The molecule has 2 atom stereocenters. The number of pyridine rings is 1. The summed E-state index contributed by atoms with van der Waals surface area (Å²) in [5, 5.41) is 3.36. The van der Waals surface area contributed by atoms with E-state index in [0.717, 1.165) is 25.1 Å². The normalized spacial score (nSPS) is 21.6. The van der Waals surface area contributed by atoms with Crippen molar-refractivity contribution >= 4 is 0 Å². The quantitative estimate of drug-likeness (QED) is 0.845. The molecular formula is C14H22N2O. The molecule has 0 amide bonds. The number of nitrogens with one attached hydrogen (secondary N) is 1. The summed E-state index contributed by atoms with van der Waals surface area (Å²) >= 11 is 0. The fourth-order valence-electron chi connectivity index (χ4n) is 2.35. The molecule has 3 nitrogen and oxygen atoms in total. The molecule has 1 N–H and O–H groups in total. The van der Waals surface area contributed by atoms with Gasteiger partial charge in [-0.15, -0.1) is 0 Å². The molecule has 3 heteroatoms. The van der Waals surface area contributed by atoms with Gasteiger partial charge in [0.15, 0.2) is 0 Å². The van der Waals surface area contributed by atoms with Crippen molar-refractivity contribution in [1.29, 1.82) is 0 Å². The average molecular weight is 234 g/mol. The Hall–Kier alpha value is -0.930. The maximum absolute atomic E-state index is 5.73. The van der Waals surface area contributed by atoms with Crippen LogP contribution in [-0.2, 0) is 17.6 Å². The van der Waals surface area contributed by atoms with E-state index in [2.05, 4.69) is 29.4 Å². The molecule has 1 aromatic heterocycles. The number of hydrogen-bond acceptors (Lipinski definition) is 3. The Morgan fingerprint density at radius 1 is 1.53 bits per heavy atom. The maximum atomic E-state index is 5.73. The summed E-state index contributed by atoms with van der Waals surface area (Å²) in [7, 11) is 2.01. The average Bonchev–Trinajstić information content (AvgIpc) is 2.90. The first-order chi connectivity index (χ1) is 8.33. The highest BCUT2D eigenvalue weighted by molar-refractivity contribution is 5.15. The van der Waals surface area contributed by atoms with Crippen molar-refractivity contribution in [2.24, 2.45) is 0 Å². The van der Waals surface area contributed by atoms with E-state index in [1.165, 1.54) is 18.4 Å². The number of likely N-dealkylation sites (N-methyl/N-ethyl adjacent to an activating group) is 1. The summed E-state index contributed by atoms with van der Waals surface area (Å²) < 4.78 is 5.73. The number of rotatable bonds is 5. The third-order valence-electron chi connectivity index (χ3n) is 3.51. The van der Waals surface area contributed by atoms with Crippen LogP contribution in [0.25, 0.3) is 0 Å². The van der Waals surface area contributed by atoms with Crippen molar-refractivity contribution in [2.75, 3.05) is 13.7 Å². The second-order valence-electron chi connectivity index (χ2n) is 4.66. The summed E-state index contributed by atoms with van der Waals surface area (Å²) in [4.78, 5) is 4.51. The Balaban J connectivity index is 1.96. The van der Waals surface area contributed by atoms with Gasteiger partial charge >= 0.3 is 0 Å². The fraction of sp³-hybridized carbons (Fsp3) is 0.643. The standard InChI is InChI=1S/C14H22N2O/c1-3-11-6-7-12(16-10-11)9-13(15-2)14-5-4-8-17-14/h6-7,10,13-15H,3-5,8-9H2,1-2H3. The van der Waals surface area contributed by atoms with Gasteiger partial charge in [-0.2, -0.15) is 0 Å². The van der Waals surface area contributed by atoms with Crippen LogP contribution < -0.4 is 5.32 Å². The van der Waals surface area contributed by atoms with Gasteiger partial charge in [-0.1, -0.05) is 13.0 Å². The number of aromatic nitrogens is 1. The first-order valence-corrected chi connectivity index (χ1v) is 6.56. The maximum Gasteiger partial charge on any atom is 0.0732 e. The molecule has 1 aliphatic heterocycles. The monoisotopic (exact) mass is 234 g/mol. The Kier molecular flexibility index (Phi) is 4.51. The van der Waals surface area contributed by atoms with Crippen LogP contribution in [-0.4, -0.2) is 30.8 Å². The van der Waals surface area contributed by atoms with Gasteiger partial charge in [-0.05, 0) is 37.9 Å². The molecule has 1 saturated heterocycles. The van der Waals surface area contributed by atoms with Gasteiger partial charge in [0.25, 0.3) is 0 Å². The SMILES string of the molecule is CCc1ccc(CC(NC)C2CCCO2)nc1. The van der Waals surface area contributed by atoms with Crippen molar-refractivity contribution in [3.05, 3.63) is 29.6 Å². The van der Waals surface area contributed by atoms with E-state index < -0.39 is 0 Å². The topological polar surface area (TPSA) is 34.1 Å². The van der Waals surface area contributed by atoms with Crippen LogP contribution in [0.15, 0.2) is 18.3 Å². The van der Waals surface area contributed by atoms with Crippen LogP contribution in [0.1, 0.15) is 31.0 Å². The summed E-state index contributed by atoms with van der Waals surface area (Å²) in [6.07, 6.45) is 6.69. The van der Waals surface area contributed by atoms with E-state index in [1.807, 2.05) is 13.2 Å². The Bertz CT molecular complexity index is 331. The number of nitrogens with zero attached hydrogens (tertiary/aromatic N) is 1. The lowest BCUT2D eigenvalue weighted by Gasteiger charge is -2.22. The molecule has 2 unspecified atom stereocenters. The molecule has 0 spiro atoms. The molecule has 0 saturated carbocycles. The molecule has 0 radical (unpaired) electrons. The van der Waals surface area contributed by atoms with Crippen LogP contribution in [0.2, 0.25) is 0 Å². The summed E-state index contributed by atoms with van der Waals surface area (Å²) in [5.74, 6) is 0. The van der Waals surface area contributed by atoms with Gasteiger partial charge in [-0.3, -0.25) is 4.98 Å². The zero-order chi connectivity index (χ0) is 12.1. The zero-order valence-electron chi connectivity index (χ0n) is 10.8. The van der Waals surface area contributed by atoms with Crippen LogP contribution in [0.5, 0.6) is 0 Å². The van der Waals surface area contributed by atoms with Gasteiger partial charge < -0.3 is 10.1 Å². The molecule has 1 aromatic rings. The van der Waals surface area contributed by atoms with Crippen LogP contribution in [0.3, 0.4) is 0 Å². The zero-order valence-corrected chi connectivity index (χ0v) is 10.8. The van der Waals surface area contributed by atoms with E-state index in [4.69, 9.17) is 4.74 Å². The molecule has 94 valence electrons. The Morgan fingerprint density at radius 2 is 2.41 bits per heavy atom. The molecule has 17 heavy (non-hydrogen) atoms.